The molecule has 0 spiro atoms. The molecule has 1 aliphatic carbocycles. The second-order valence-electron chi connectivity index (χ2n) is 6.76. The standard InChI is InChI=1S/C20H20N2O4/c23-15-10-14(11-15)19(13-6-2-1-3-7-13)21-18(24)12-22-16-8-4-5-9-17(16)26-20(22)25/h1-9,14-15,19,23H,10-12H2,(H,21,24)/t14?,15?,19-/m1/s1. The van der Waals surface area contributed by atoms with Crippen molar-refractivity contribution in [3.05, 3.63) is 70.7 Å². The first-order valence-corrected chi connectivity index (χ1v) is 8.72. The quantitative estimate of drug-likeness (QED) is 0.737. The Morgan fingerprint density at radius 1 is 1.15 bits per heavy atom. The molecule has 1 amide bonds. The van der Waals surface area contributed by atoms with Crippen molar-refractivity contribution in [3.8, 4) is 0 Å². The van der Waals surface area contributed by atoms with Gasteiger partial charge in [0, 0.05) is 0 Å². The number of hydrogen-bond donors (Lipinski definition) is 2. The van der Waals surface area contributed by atoms with Gasteiger partial charge in [-0.2, -0.15) is 0 Å². The number of benzene rings is 2. The van der Waals surface area contributed by atoms with Crippen molar-refractivity contribution in [1.82, 2.24) is 9.88 Å². The lowest BCUT2D eigenvalue weighted by atomic mass is 9.75. The highest BCUT2D eigenvalue weighted by Crippen LogP contribution is 2.38. The molecule has 1 heterocycles. The van der Waals surface area contributed by atoms with E-state index in [1.54, 1.807) is 24.3 Å². The van der Waals surface area contributed by atoms with Crippen LogP contribution in [0.15, 0.2) is 63.8 Å². The van der Waals surface area contributed by atoms with Gasteiger partial charge in [-0.1, -0.05) is 42.5 Å². The van der Waals surface area contributed by atoms with E-state index in [0.29, 0.717) is 23.9 Å². The van der Waals surface area contributed by atoms with Crippen LogP contribution in [0.5, 0.6) is 0 Å². The van der Waals surface area contributed by atoms with Gasteiger partial charge in [-0.15, -0.1) is 0 Å². The topological polar surface area (TPSA) is 84.5 Å². The van der Waals surface area contributed by atoms with E-state index in [9.17, 15) is 14.7 Å². The molecule has 3 aromatic rings. The van der Waals surface area contributed by atoms with Crippen molar-refractivity contribution < 1.29 is 14.3 Å². The van der Waals surface area contributed by atoms with Gasteiger partial charge in [0.05, 0.1) is 17.7 Å². The maximum atomic E-state index is 12.6. The van der Waals surface area contributed by atoms with Crippen molar-refractivity contribution >= 4 is 17.0 Å². The average Bonchev–Trinajstić information content (AvgIpc) is 2.94. The first-order chi connectivity index (χ1) is 12.6. The van der Waals surface area contributed by atoms with E-state index in [4.69, 9.17) is 4.42 Å². The summed E-state index contributed by atoms with van der Waals surface area (Å²) in [4.78, 5) is 24.7. The van der Waals surface area contributed by atoms with E-state index in [2.05, 4.69) is 5.32 Å². The van der Waals surface area contributed by atoms with E-state index in [1.165, 1.54) is 4.57 Å². The monoisotopic (exact) mass is 352 g/mol. The van der Waals surface area contributed by atoms with Crippen LogP contribution in [0, 0.1) is 5.92 Å². The number of amides is 1. The summed E-state index contributed by atoms with van der Waals surface area (Å²) >= 11 is 0. The van der Waals surface area contributed by atoms with Crippen molar-refractivity contribution in [1.29, 1.82) is 0 Å². The largest absolute Gasteiger partial charge is 0.420 e. The van der Waals surface area contributed by atoms with Gasteiger partial charge in [-0.05, 0) is 36.5 Å². The predicted octanol–water partition coefficient (Wildman–Crippen LogP) is 2.22. The minimum absolute atomic E-state index is 0.103. The minimum Gasteiger partial charge on any atom is -0.408 e. The summed E-state index contributed by atoms with van der Waals surface area (Å²) in [5.41, 5.74) is 2.07. The molecular weight excluding hydrogens is 332 g/mol. The summed E-state index contributed by atoms with van der Waals surface area (Å²) in [5, 5.41) is 12.7. The predicted molar refractivity (Wildman–Crippen MR) is 96.5 cm³/mol. The Balaban J connectivity index is 1.55. The van der Waals surface area contributed by atoms with Gasteiger partial charge < -0.3 is 14.8 Å². The van der Waals surface area contributed by atoms with Crippen LogP contribution in [0.25, 0.3) is 11.1 Å². The number of fused-ring (bicyclic) bond motifs is 1. The van der Waals surface area contributed by atoms with Crippen molar-refractivity contribution in [3.63, 3.8) is 0 Å². The van der Waals surface area contributed by atoms with Crippen LogP contribution >= 0.6 is 0 Å². The molecule has 0 saturated heterocycles. The fraction of sp³-hybridized carbons (Fsp3) is 0.300. The molecule has 6 heteroatoms. The van der Waals surface area contributed by atoms with E-state index in [1.807, 2.05) is 30.3 Å². The van der Waals surface area contributed by atoms with Crippen LogP contribution in [-0.4, -0.2) is 21.7 Å². The number of para-hydroxylation sites is 2. The summed E-state index contributed by atoms with van der Waals surface area (Å²) in [5.74, 6) is -0.611. The third kappa shape index (κ3) is 3.15. The Bertz CT molecular complexity index is 970. The van der Waals surface area contributed by atoms with Crippen molar-refractivity contribution in [2.24, 2.45) is 5.92 Å². The third-order valence-electron chi connectivity index (χ3n) is 4.97. The molecule has 0 unspecified atom stereocenters. The lowest BCUT2D eigenvalue weighted by Crippen LogP contribution is -2.42. The first kappa shape index (κ1) is 16.6. The zero-order valence-corrected chi connectivity index (χ0v) is 14.2. The Kier molecular flexibility index (Phi) is 4.34. The summed E-state index contributed by atoms with van der Waals surface area (Å²) < 4.78 is 6.51. The second kappa shape index (κ2) is 6.80. The molecule has 0 radical (unpaired) electrons. The van der Waals surface area contributed by atoms with Gasteiger partial charge in [-0.25, -0.2) is 4.79 Å². The zero-order chi connectivity index (χ0) is 18.1. The molecule has 1 aromatic heterocycles. The Labute approximate surface area is 150 Å². The zero-order valence-electron chi connectivity index (χ0n) is 14.2. The molecule has 134 valence electrons. The fourth-order valence-electron chi connectivity index (χ4n) is 3.56. The highest BCUT2D eigenvalue weighted by molar-refractivity contribution is 5.79. The number of oxazole rings is 1. The number of nitrogens with zero attached hydrogens (tertiary/aromatic N) is 1. The summed E-state index contributed by atoms with van der Waals surface area (Å²) in [6.07, 6.45) is 1.02. The SMILES string of the molecule is O=C(Cn1c(=O)oc2ccccc21)N[C@H](c1ccccc1)C1CC(O)C1. The second-order valence-corrected chi connectivity index (χ2v) is 6.76. The Morgan fingerprint density at radius 2 is 1.85 bits per heavy atom. The molecule has 1 fully saturated rings. The first-order valence-electron chi connectivity index (χ1n) is 8.72. The molecule has 2 N–H and O–H groups in total. The number of rotatable bonds is 5. The number of carbonyl (C=O) groups is 1. The highest BCUT2D eigenvalue weighted by Gasteiger charge is 2.35. The van der Waals surface area contributed by atoms with E-state index in [-0.39, 0.29) is 30.5 Å². The van der Waals surface area contributed by atoms with Gasteiger partial charge >= 0.3 is 5.76 Å². The minimum atomic E-state index is -0.545. The van der Waals surface area contributed by atoms with Crippen LogP contribution in [0.3, 0.4) is 0 Å². The van der Waals surface area contributed by atoms with E-state index in [0.717, 1.165) is 5.56 Å². The lowest BCUT2D eigenvalue weighted by molar-refractivity contribution is -0.123. The molecule has 6 nitrogen and oxygen atoms in total. The number of aromatic nitrogens is 1. The molecule has 4 rings (SSSR count). The number of hydrogen-bond acceptors (Lipinski definition) is 4. The molecule has 1 atom stereocenters. The van der Waals surface area contributed by atoms with Gasteiger partial charge in [-0.3, -0.25) is 9.36 Å². The number of aliphatic hydroxyl groups excluding tert-OH is 1. The summed E-state index contributed by atoms with van der Waals surface area (Å²) in [6.45, 7) is -0.103. The van der Waals surface area contributed by atoms with Gasteiger partial charge in [0.1, 0.15) is 6.54 Å². The maximum Gasteiger partial charge on any atom is 0.420 e. The molecule has 1 saturated carbocycles. The van der Waals surface area contributed by atoms with Crippen molar-refractivity contribution in [2.45, 2.75) is 31.5 Å². The smallest absolute Gasteiger partial charge is 0.408 e. The average molecular weight is 352 g/mol. The van der Waals surface area contributed by atoms with Crippen LogP contribution in [-0.2, 0) is 11.3 Å². The summed E-state index contributed by atoms with van der Waals surface area (Å²) in [6, 6.07) is 16.6. The van der Waals surface area contributed by atoms with Crippen molar-refractivity contribution in [2.75, 3.05) is 0 Å². The van der Waals surface area contributed by atoms with Gasteiger partial charge in [0.15, 0.2) is 5.58 Å². The number of nitrogens with one attached hydrogen (secondary N) is 1. The van der Waals surface area contributed by atoms with Gasteiger partial charge in [0.25, 0.3) is 0 Å². The Morgan fingerprint density at radius 3 is 2.58 bits per heavy atom. The third-order valence-corrected chi connectivity index (χ3v) is 4.97. The molecule has 0 aliphatic heterocycles. The van der Waals surface area contributed by atoms with Crippen LogP contribution in [0.4, 0.5) is 0 Å². The Hall–Kier alpha value is -2.86. The molecule has 26 heavy (non-hydrogen) atoms. The van der Waals surface area contributed by atoms with Crippen LogP contribution in [0.1, 0.15) is 24.4 Å². The van der Waals surface area contributed by atoms with Gasteiger partial charge in [0.2, 0.25) is 5.91 Å². The lowest BCUT2D eigenvalue weighted by Gasteiger charge is -2.38. The fourth-order valence-corrected chi connectivity index (χ4v) is 3.56. The highest BCUT2D eigenvalue weighted by atomic mass is 16.4. The normalized spacial score (nSPS) is 20.5. The molecular formula is C20H20N2O4. The van der Waals surface area contributed by atoms with E-state index >= 15 is 0 Å². The van der Waals surface area contributed by atoms with Crippen LogP contribution in [0.2, 0.25) is 0 Å². The maximum absolute atomic E-state index is 12.6. The molecule has 2 aromatic carbocycles. The number of aliphatic hydroxyl groups is 1. The summed E-state index contributed by atoms with van der Waals surface area (Å²) in [7, 11) is 0. The van der Waals surface area contributed by atoms with E-state index < -0.39 is 5.76 Å². The molecule has 1 aliphatic rings. The van der Waals surface area contributed by atoms with Crippen LogP contribution < -0.4 is 11.1 Å². The number of carbonyl (C=O) groups excluding carboxylic acids is 1. The molecule has 0 bridgehead atoms.